The molecule has 2 aliphatic carbocycles. The maximum absolute atomic E-state index is 14.7. The zero-order valence-corrected chi connectivity index (χ0v) is 15.2. The lowest BCUT2D eigenvalue weighted by Crippen LogP contribution is -2.48. The Morgan fingerprint density at radius 2 is 1.76 bits per heavy atom. The van der Waals surface area contributed by atoms with E-state index in [1.807, 2.05) is 13.8 Å². The highest BCUT2D eigenvalue weighted by Gasteiger charge is 2.34. The van der Waals surface area contributed by atoms with Gasteiger partial charge >= 0.3 is 0 Å². The number of carbonyl (C=O) groups is 2. The molecule has 2 fully saturated rings. The van der Waals surface area contributed by atoms with Gasteiger partial charge in [0.25, 0.3) is 5.91 Å². The highest BCUT2D eigenvalue weighted by atomic mass is 19.1. The second-order valence-electron chi connectivity index (χ2n) is 7.89. The molecule has 0 bridgehead atoms. The third-order valence-corrected chi connectivity index (χ3v) is 5.57. The van der Waals surface area contributed by atoms with Gasteiger partial charge in [-0.2, -0.15) is 0 Å². The molecule has 3 rings (SSSR count). The number of halogens is 1. The lowest BCUT2D eigenvalue weighted by atomic mass is 9.80. The van der Waals surface area contributed by atoms with Gasteiger partial charge in [0.05, 0.1) is 11.6 Å². The van der Waals surface area contributed by atoms with Crippen molar-refractivity contribution in [2.24, 2.45) is 11.8 Å². The first kappa shape index (κ1) is 18.1. The second kappa shape index (κ2) is 7.67. The SMILES string of the molecule is CC(C)C(=O)[C@H](NC(=O)c1cccc(C2CC2)c1F)C1CCCCC1. The van der Waals surface area contributed by atoms with E-state index in [-0.39, 0.29) is 29.1 Å². The smallest absolute Gasteiger partial charge is 0.254 e. The van der Waals surface area contributed by atoms with Crippen LogP contribution in [0, 0.1) is 17.7 Å². The molecule has 25 heavy (non-hydrogen) atoms. The van der Waals surface area contributed by atoms with Crippen LogP contribution in [0.2, 0.25) is 0 Å². The van der Waals surface area contributed by atoms with Crippen LogP contribution in [0.1, 0.15) is 80.6 Å². The lowest BCUT2D eigenvalue weighted by molar-refractivity contribution is -0.125. The number of nitrogens with one attached hydrogen (secondary N) is 1. The first-order valence-electron chi connectivity index (χ1n) is 9.62. The molecule has 2 aliphatic rings. The lowest BCUT2D eigenvalue weighted by Gasteiger charge is -2.31. The molecular formula is C21H28FNO2. The molecule has 0 unspecified atom stereocenters. The third-order valence-electron chi connectivity index (χ3n) is 5.57. The van der Waals surface area contributed by atoms with Crippen LogP contribution >= 0.6 is 0 Å². The van der Waals surface area contributed by atoms with Crippen molar-refractivity contribution in [3.8, 4) is 0 Å². The number of rotatable bonds is 6. The van der Waals surface area contributed by atoms with E-state index in [1.165, 1.54) is 12.5 Å². The summed E-state index contributed by atoms with van der Waals surface area (Å²) in [6.07, 6.45) is 7.24. The Labute approximate surface area is 149 Å². The molecule has 0 radical (unpaired) electrons. The van der Waals surface area contributed by atoms with Crippen LogP contribution in [-0.4, -0.2) is 17.7 Å². The molecule has 0 aromatic heterocycles. The maximum Gasteiger partial charge on any atom is 0.254 e. The molecular weight excluding hydrogens is 317 g/mol. The zero-order valence-electron chi connectivity index (χ0n) is 15.2. The van der Waals surface area contributed by atoms with E-state index in [0.29, 0.717) is 5.56 Å². The van der Waals surface area contributed by atoms with Crippen molar-refractivity contribution in [2.45, 2.75) is 70.8 Å². The van der Waals surface area contributed by atoms with E-state index < -0.39 is 17.8 Å². The topological polar surface area (TPSA) is 46.2 Å². The van der Waals surface area contributed by atoms with Crippen molar-refractivity contribution in [1.29, 1.82) is 0 Å². The molecule has 3 nitrogen and oxygen atoms in total. The summed E-state index contributed by atoms with van der Waals surface area (Å²) >= 11 is 0. The summed E-state index contributed by atoms with van der Waals surface area (Å²) in [6.45, 7) is 3.72. The first-order valence-corrected chi connectivity index (χ1v) is 9.62. The predicted molar refractivity (Wildman–Crippen MR) is 96.0 cm³/mol. The summed E-state index contributed by atoms with van der Waals surface area (Å²) in [5, 5.41) is 2.88. The molecule has 0 heterocycles. The summed E-state index contributed by atoms with van der Waals surface area (Å²) in [4.78, 5) is 25.4. The van der Waals surface area contributed by atoms with Crippen LogP contribution in [-0.2, 0) is 4.79 Å². The van der Waals surface area contributed by atoms with Gasteiger partial charge in [0, 0.05) is 5.92 Å². The van der Waals surface area contributed by atoms with Gasteiger partial charge in [-0.1, -0.05) is 45.2 Å². The van der Waals surface area contributed by atoms with Gasteiger partial charge in [0.15, 0.2) is 5.78 Å². The van der Waals surface area contributed by atoms with Crippen molar-refractivity contribution < 1.29 is 14.0 Å². The number of carbonyl (C=O) groups excluding carboxylic acids is 2. The summed E-state index contributed by atoms with van der Waals surface area (Å²) in [5.74, 6) is -0.540. The Balaban J connectivity index is 1.80. The van der Waals surface area contributed by atoms with E-state index in [2.05, 4.69) is 5.32 Å². The monoisotopic (exact) mass is 345 g/mol. The van der Waals surface area contributed by atoms with Crippen LogP contribution in [0.3, 0.4) is 0 Å². The zero-order chi connectivity index (χ0) is 18.0. The molecule has 0 spiro atoms. The molecule has 2 saturated carbocycles. The van der Waals surface area contributed by atoms with Crippen LogP contribution in [0.4, 0.5) is 4.39 Å². The summed E-state index contributed by atoms with van der Waals surface area (Å²) in [5.41, 5.74) is 0.707. The molecule has 1 aromatic carbocycles. The second-order valence-corrected chi connectivity index (χ2v) is 7.89. The van der Waals surface area contributed by atoms with Gasteiger partial charge in [0.1, 0.15) is 5.82 Å². The van der Waals surface area contributed by atoms with Gasteiger partial charge in [-0.15, -0.1) is 0 Å². The van der Waals surface area contributed by atoms with E-state index in [1.54, 1.807) is 12.1 Å². The van der Waals surface area contributed by atoms with E-state index in [4.69, 9.17) is 0 Å². The molecule has 1 aromatic rings. The number of benzene rings is 1. The number of hydrogen-bond donors (Lipinski definition) is 1. The molecule has 0 aliphatic heterocycles. The minimum atomic E-state index is -0.503. The van der Waals surface area contributed by atoms with Gasteiger partial charge in [-0.3, -0.25) is 9.59 Å². The fourth-order valence-electron chi connectivity index (χ4n) is 3.90. The highest BCUT2D eigenvalue weighted by Crippen LogP contribution is 2.41. The predicted octanol–water partition coefficient (Wildman–Crippen LogP) is 4.61. The average molecular weight is 345 g/mol. The number of Topliss-reactive ketones (excluding diaryl/α,β-unsaturated/α-hetero) is 1. The van der Waals surface area contributed by atoms with Crippen molar-refractivity contribution in [3.63, 3.8) is 0 Å². The molecule has 4 heteroatoms. The van der Waals surface area contributed by atoms with E-state index in [9.17, 15) is 14.0 Å². The summed E-state index contributed by atoms with van der Waals surface area (Å²) in [6, 6.07) is 4.53. The van der Waals surface area contributed by atoms with Crippen LogP contribution in [0.5, 0.6) is 0 Å². The first-order chi connectivity index (χ1) is 12.0. The maximum atomic E-state index is 14.7. The quantitative estimate of drug-likeness (QED) is 0.818. The minimum absolute atomic E-state index is 0.0546. The Morgan fingerprint density at radius 1 is 1.08 bits per heavy atom. The molecule has 136 valence electrons. The van der Waals surface area contributed by atoms with Crippen LogP contribution in [0.15, 0.2) is 18.2 Å². The third kappa shape index (κ3) is 4.10. The van der Waals surface area contributed by atoms with Gasteiger partial charge in [-0.05, 0) is 49.1 Å². The van der Waals surface area contributed by atoms with Crippen molar-refractivity contribution in [3.05, 3.63) is 35.1 Å². The van der Waals surface area contributed by atoms with Gasteiger partial charge in [0.2, 0.25) is 0 Å². The number of ketones is 1. The van der Waals surface area contributed by atoms with Crippen molar-refractivity contribution in [1.82, 2.24) is 5.32 Å². The highest BCUT2D eigenvalue weighted by molar-refractivity contribution is 5.98. The standard InChI is InChI=1S/C21H28FNO2/c1-13(2)20(24)19(15-7-4-3-5-8-15)23-21(25)17-10-6-9-16(18(17)22)14-11-12-14/h6,9-10,13-15,19H,3-5,7-8,11-12H2,1-2H3,(H,23,25)/t19-/m1/s1. The van der Waals surface area contributed by atoms with Crippen molar-refractivity contribution in [2.75, 3.05) is 0 Å². The molecule has 1 amide bonds. The summed E-state index contributed by atoms with van der Waals surface area (Å²) in [7, 11) is 0. The molecule has 0 saturated heterocycles. The fourth-order valence-corrected chi connectivity index (χ4v) is 3.90. The summed E-state index contributed by atoms with van der Waals surface area (Å²) < 4.78 is 14.7. The Morgan fingerprint density at radius 3 is 2.36 bits per heavy atom. The number of hydrogen-bond acceptors (Lipinski definition) is 2. The van der Waals surface area contributed by atoms with Crippen molar-refractivity contribution >= 4 is 11.7 Å². The minimum Gasteiger partial charge on any atom is -0.342 e. The van der Waals surface area contributed by atoms with E-state index in [0.717, 1.165) is 38.5 Å². The Kier molecular flexibility index (Phi) is 5.55. The Bertz CT molecular complexity index is 645. The average Bonchev–Trinajstić information content (AvgIpc) is 3.44. The number of amides is 1. The van der Waals surface area contributed by atoms with Crippen LogP contribution < -0.4 is 5.32 Å². The largest absolute Gasteiger partial charge is 0.342 e. The van der Waals surface area contributed by atoms with Gasteiger partial charge in [-0.25, -0.2) is 4.39 Å². The van der Waals surface area contributed by atoms with Crippen LogP contribution in [0.25, 0.3) is 0 Å². The fraction of sp³-hybridized carbons (Fsp3) is 0.619. The normalized spacial score (nSPS) is 19.7. The molecule has 1 atom stereocenters. The van der Waals surface area contributed by atoms with E-state index >= 15 is 0 Å². The molecule has 1 N–H and O–H groups in total. The van der Waals surface area contributed by atoms with Gasteiger partial charge < -0.3 is 5.32 Å². The Hall–Kier alpha value is -1.71.